The molecule has 12 heavy (non-hydrogen) atoms. The third-order valence-corrected chi connectivity index (χ3v) is 1.69. The molecule has 0 aliphatic rings. The standard InChI is InChI=1S/C9H5FO2/c10-7-1-2-9-8(3-7)6(4-11)5-12-9/h1-5H. The molecule has 0 radical (unpaired) electrons. The minimum Gasteiger partial charge on any atom is -0.464 e. The zero-order valence-electron chi connectivity index (χ0n) is 6.08. The molecule has 0 unspecified atom stereocenters. The van der Waals surface area contributed by atoms with Crippen LogP contribution in [-0.2, 0) is 0 Å². The molecule has 1 aromatic carbocycles. The Morgan fingerprint density at radius 1 is 1.42 bits per heavy atom. The van der Waals surface area contributed by atoms with E-state index >= 15 is 0 Å². The molecule has 0 spiro atoms. The summed E-state index contributed by atoms with van der Waals surface area (Å²) in [6.45, 7) is 0. The fraction of sp³-hybridized carbons (Fsp3) is 0. The summed E-state index contributed by atoms with van der Waals surface area (Å²) in [5.41, 5.74) is 0.906. The van der Waals surface area contributed by atoms with E-state index in [9.17, 15) is 9.18 Å². The molecule has 0 saturated carbocycles. The number of benzene rings is 1. The maximum atomic E-state index is 12.7. The first-order valence-electron chi connectivity index (χ1n) is 3.43. The fourth-order valence-electron chi connectivity index (χ4n) is 1.11. The highest BCUT2D eigenvalue weighted by molar-refractivity contribution is 5.95. The zero-order chi connectivity index (χ0) is 8.55. The number of halogens is 1. The minimum absolute atomic E-state index is 0.369. The molecule has 2 aromatic rings. The summed E-state index contributed by atoms with van der Waals surface area (Å²) < 4.78 is 17.7. The number of hydrogen-bond donors (Lipinski definition) is 0. The van der Waals surface area contributed by atoms with Crippen molar-refractivity contribution in [3.05, 3.63) is 35.8 Å². The van der Waals surface area contributed by atoms with E-state index in [4.69, 9.17) is 4.42 Å². The Labute approximate surface area is 67.6 Å². The van der Waals surface area contributed by atoms with Gasteiger partial charge in [0.1, 0.15) is 17.7 Å². The molecule has 0 aliphatic heterocycles. The molecular weight excluding hydrogens is 159 g/mol. The van der Waals surface area contributed by atoms with Crippen molar-refractivity contribution in [2.24, 2.45) is 0 Å². The fourth-order valence-corrected chi connectivity index (χ4v) is 1.11. The second-order valence-corrected chi connectivity index (χ2v) is 2.45. The van der Waals surface area contributed by atoms with Crippen molar-refractivity contribution >= 4 is 17.3 Å². The average Bonchev–Trinajstić information content (AvgIpc) is 2.46. The maximum Gasteiger partial charge on any atom is 0.153 e. The van der Waals surface area contributed by atoms with Crippen LogP contribution in [0.5, 0.6) is 0 Å². The van der Waals surface area contributed by atoms with Crippen LogP contribution in [0.2, 0.25) is 0 Å². The molecule has 2 rings (SSSR count). The van der Waals surface area contributed by atoms with Gasteiger partial charge in [0, 0.05) is 5.39 Å². The molecule has 0 bridgehead atoms. The lowest BCUT2D eigenvalue weighted by Crippen LogP contribution is -1.76. The van der Waals surface area contributed by atoms with Gasteiger partial charge in [-0.25, -0.2) is 4.39 Å². The summed E-state index contributed by atoms with van der Waals surface area (Å²) in [6, 6.07) is 4.07. The van der Waals surface area contributed by atoms with Gasteiger partial charge in [-0.05, 0) is 18.2 Å². The first-order chi connectivity index (χ1) is 5.81. The molecule has 0 saturated heterocycles. The number of rotatable bonds is 1. The van der Waals surface area contributed by atoms with E-state index in [0.29, 0.717) is 22.8 Å². The van der Waals surface area contributed by atoms with E-state index < -0.39 is 0 Å². The molecule has 60 valence electrons. The van der Waals surface area contributed by atoms with E-state index in [1.54, 1.807) is 0 Å². The Kier molecular flexibility index (Phi) is 1.43. The molecule has 1 heterocycles. The molecule has 0 atom stereocenters. The van der Waals surface area contributed by atoms with Crippen molar-refractivity contribution in [2.75, 3.05) is 0 Å². The van der Waals surface area contributed by atoms with E-state index in [2.05, 4.69) is 0 Å². The Morgan fingerprint density at radius 3 is 3.00 bits per heavy atom. The van der Waals surface area contributed by atoms with Crippen LogP contribution in [0.3, 0.4) is 0 Å². The summed E-state index contributed by atoms with van der Waals surface area (Å²) in [5, 5.41) is 0.519. The molecule has 1 aromatic heterocycles. The first kappa shape index (κ1) is 7.03. The Bertz CT molecular complexity index is 431. The van der Waals surface area contributed by atoms with Gasteiger partial charge in [-0.1, -0.05) is 0 Å². The van der Waals surface area contributed by atoms with Gasteiger partial charge >= 0.3 is 0 Å². The van der Waals surface area contributed by atoms with Crippen molar-refractivity contribution < 1.29 is 13.6 Å². The van der Waals surface area contributed by atoms with E-state index in [1.165, 1.54) is 24.5 Å². The first-order valence-corrected chi connectivity index (χ1v) is 3.43. The van der Waals surface area contributed by atoms with Crippen LogP contribution >= 0.6 is 0 Å². The predicted molar refractivity (Wildman–Crippen MR) is 41.6 cm³/mol. The van der Waals surface area contributed by atoms with Crippen molar-refractivity contribution in [1.29, 1.82) is 0 Å². The van der Waals surface area contributed by atoms with E-state index in [1.807, 2.05) is 0 Å². The largest absolute Gasteiger partial charge is 0.464 e. The van der Waals surface area contributed by atoms with Gasteiger partial charge in [0.2, 0.25) is 0 Å². The van der Waals surface area contributed by atoms with Gasteiger partial charge < -0.3 is 4.42 Å². The number of furan rings is 1. The number of carbonyl (C=O) groups is 1. The number of carbonyl (C=O) groups excluding carboxylic acids is 1. The molecule has 2 nitrogen and oxygen atoms in total. The third-order valence-electron chi connectivity index (χ3n) is 1.69. The highest BCUT2D eigenvalue weighted by Gasteiger charge is 2.04. The van der Waals surface area contributed by atoms with Crippen molar-refractivity contribution in [3.63, 3.8) is 0 Å². The van der Waals surface area contributed by atoms with Gasteiger partial charge in [-0.15, -0.1) is 0 Å². The lowest BCUT2D eigenvalue weighted by Gasteiger charge is -1.88. The quantitative estimate of drug-likeness (QED) is 0.605. The van der Waals surface area contributed by atoms with Gasteiger partial charge in [-0.3, -0.25) is 4.79 Å². The molecule has 0 N–H and O–H groups in total. The zero-order valence-corrected chi connectivity index (χ0v) is 6.08. The van der Waals surface area contributed by atoms with Crippen molar-refractivity contribution in [1.82, 2.24) is 0 Å². The molecule has 0 aliphatic carbocycles. The topological polar surface area (TPSA) is 30.2 Å². The highest BCUT2D eigenvalue weighted by Crippen LogP contribution is 2.20. The number of aldehydes is 1. The second kappa shape index (κ2) is 2.44. The molecular formula is C9H5FO2. The van der Waals surface area contributed by atoms with Gasteiger partial charge in [0.05, 0.1) is 5.56 Å². The summed E-state index contributed by atoms with van der Waals surface area (Å²) in [6.07, 6.45) is 1.96. The lowest BCUT2D eigenvalue weighted by molar-refractivity contribution is 0.112. The number of fused-ring (bicyclic) bond motifs is 1. The van der Waals surface area contributed by atoms with Crippen LogP contribution in [-0.4, -0.2) is 6.29 Å². The minimum atomic E-state index is -0.369. The maximum absolute atomic E-state index is 12.7. The van der Waals surface area contributed by atoms with Crippen LogP contribution in [0, 0.1) is 5.82 Å². The predicted octanol–water partition coefficient (Wildman–Crippen LogP) is 2.38. The van der Waals surface area contributed by atoms with Crippen molar-refractivity contribution in [2.45, 2.75) is 0 Å². The molecule has 0 fully saturated rings. The highest BCUT2D eigenvalue weighted by atomic mass is 19.1. The van der Waals surface area contributed by atoms with E-state index in [-0.39, 0.29) is 5.82 Å². The third kappa shape index (κ3) is 0.906. The van der Waals surface area contributed by atoms with Crippen molar-refractivity contribution in [3.8, 4) is 0 Å². The number of hydrogen-bond acceptors (Lipinski definition) is 2. The summed E-state index contributed by atoms with van der Waals surface area (Å²) in [4.78, 5) is 10.4. The van der Waals surface area contributed by atoms with Gasteiger partial charge in [-0.2, -0.15) is 0 Å². The van der Waals surface area contributed by atoms with Crippen LogP contribution in [0.25, 0.3) is 11.0 Å². The van der Waals surface area contributed by atoms with Crippen LogP contribution < -0.4 is 0 Å². The lowest BCUT2D eigenvalue weighted by atomic mass is 10.2. The monoisotopic (exact) mass is 164 g/mol. The molecule has 0 amide bonds. The second-order valence-electron chi connectivity index (χ2n) is 2.45. The van der Waals surface area contributed by atoms with Crippen LogP contribution in [0.1, 0.15) is 10.4 Å². The Morgan fingerprint density at radius 2 is 2.25 bits per heavy atom. The smallest absolute Gasteiger partial charge is 0.153 e. The van der Waals surface area contributed by atoms with Gasteiger partial charge in [0.15, 0.2) is 6.29 Å². The Hall–Kier alpha value is -1.64. The molecule has 3 heteroatoms. The van der Waals surface area contributed by atoms with E-state index in [0.717, 1.165) is 0 Å². The summed E-state index contributed by atoms with van der Waals surface area (Å²) >= 11 is 0. The summed E-state index contributed by atoms with van der Waals surface area (Å²) in [7, 11) is 0. The SMILES string of the molecule is O=Cc1coc2ccc(F)cc12. The summed E-state index contributed by atoms with van der Waals surface area (Å²) in [5.74, 6) is -0.369. The normalized spacial score (nSPS) is 10.4. The van der Waals surface area contributed by atoms with Crippen LogP contribution in [0.4, 0.5) is 4.39 Å². The van der Waals surface area contributed by atoms with Crippen LogP contribution in [0.15, 0.2) is 28.9 Å². The Balaban J connectivity index is 2.83. The average molecular weight is 164 g/mol. The van der Waals surface area contributed by atoms with Gasteiger partial charge in [0.25, 0.3) is 0 Å².